The lowest BCUT2D eigenvalue weighted by atomic mass is 10.4. The van der Waals surface area contributed by atoms with Crippen LogP contribution in [0.5, 0.6) is 0 Å². The minimum Gasteiger partial charge on any atom is -0.349 e. The van der Waals surface area contributed by atoms with Gasteiger partial charge in [-0.15, -0.1) is 10.2 Å². The number of hydrogen-bond acceptors (Lipinski definition) is 6. The van der Waals surface area contributed by atoms with Crippen LogP contribution in [0.25, 0.3) is 0 Å². The number of nitrogens with two attached hydrogens (primary N) is 1. The van der Waals surface area contributed by atoms with Gasteiger partial charge in [0, 0.05) is 25.0 Å². The van der Waals surface area contributed by atoms with Crippen molar-refractivity contribution in [3.8, 4) is 0 Å². The number of nitrogens with zero attached hydrogens (tertiary/aromatic N) is 3. The fourth-order valence-electron chi connectivity index (χ4n) is 1.68. The molecule has 2 rings (SSSR count). The van der Waals surface area contributed by atoms with Gasteiger partial charge >= 0.3 is 0 Å². The van der Waals surface area contributed by atoms with Gasteiger partial charge in [0.15, 0.2) is 0 Å². The van der Waals surface area contributed by atoms with Gasteiger partial charge in [-0.05, 0) is 12.5 Å². The van der Waals surface area contributed by atoms with Crippen LogP contribution in [0.2, 0.25) is 0 Å². The predicted octanol–water partition coefficient (Wildman–Crippen LogP) is 1.01. The minimum atomic E-state index is -3.63. The fraction of sp³-hybridized carbons (Fsp3) is 0.400. The summed E-state index contributed by atoms with van der Waals surface area (Å²) in [5.74, 6) is 0. The molecular weight excluding hydrogens is 286 g/mol. The van der Waals surface area contributed by atoms with Crippen molar-refractivity contribution in [1.29, 1.82) is 0 Å². The molecule has 0 atom stereocenters. The summed E-state index contributed by atoms with van der Waals surface area (Å²) in [6.45, 7) is 3.06. The van der Waals surface area contributed by atoms with Gasteiger partial charge in [-0.1, -0.05) is 18.3 Å². The number of anilines is 1. The van der Waals surface area contributed by atoms with Gasteiger partial charge in [-0.2, -0.15) is 0 Å². The molecule has 0 bridgehead atoms. The maximum absolute atomic E-state index is 12.2. The third-order valence-corrected chi connectivity index (χ3v) is 4.57. The molecule has 19 heavy (non-hydrogen) atoms. The third kappa shape index (κ3) is 3.11. The van der Waals surface area contributed by atoms with Crippen LogP contribution in [0, 0.1) is 0 Å². The quantitative estimate of drug-likeness (QED) is 0.829. The zero-order valence-corrected chi connectivity index (χ0v) is 12.0. The highest BCUT2D eigenvalue weighted by Crippen LogP contribution is 2.19. The summed E-state index contributed by atoms with van der Waals surface area (Å²) in [5.41, 5.74) is 7.87. The van der Waals surface area contributed by atoms with Gasteiger partial charge in [-0.25, -0.2) is 8.42 Å². The van der Waals surface area contributed by atoms with Crippen molar-refractivity contribution in [3.05, 3.63) is 23.5 Å². The summed E-state index contributed by atoms with van der Waals surface area (Å²) < 4.78 is 28.6. The van der Waals surface area contributed by atoms with E-state index in [2.05, 4.69) is 14.9 Å². The Hall–Kier alpha value is -1.45. The van der Waals surface area contributed by atoms with E-state index in [1.165, 1.54) is 5.51 Å². The molecular formula is C10H15N5O2S2. The average molecular weight is 301 g/mol. The number of rotatable bonds is 6. The second kappa shape index (κ2) is 5.68. The first kappa shape index (κ1) is 14.0. The smallest absolute Gasteiger partial charge is 0.265 e. The number of nitrogens with one attached hydrogen (secondary N) is 1. The molecule has 0 spiro atoms. The fourth-order valence-corrected chi connectivity index (χ4v) is 3.44. The molecule has 0 saturated heterocycles. The van der Waals surface area contributed by atoms with Crippen molar-refractivity contribution in [2.75, 3.05) is 4.72 Å². The van der Waals surface area contributed by atoms with E-state index in [0.29, 0.717) is 6.54 Å². The third-order valence-electron chi connectivity index (χ3n) is 2.53. The van der Waals surface area contributed by atoms with Crippen LogP contribution in [-0.4, -0.2) is 23.2 Å². The van der Waals surface area contributed by atoms with E-state index < -0.39 is 10.0 Å². The van der Waals surface area contributed by atoms with Gasteiger partial charge < -0.3 is 10.3 Å². The molecule has 3 N–H and O–H groups in total. The van der Waals surface area contributed by atoms with Gasteiger partial charge in [0.05, 0.1) is 0 Å². The highest BCUT2D eigenvalue weighted by molar-refractivity contribution is 7.93. The zero-order valence-electron chi connectivity index (χ0n) is 10.4. The van der Waals surface area contributed by atoms with Gasteiger partial charge in [0.2, 0.25) is 5.13 Å². The van der Waals surface area contributed by atoms with Crippen LogP contribution in [0.3, 0.4) is 0 Å². The van der Waals surface area contributed by atoms with Crippen LogP contribution in [0.15, 0.2) is 22.7 Å². The Labute approximate surface area is 115 Å². The number of hydrogen-bond donors (Lipinski definition) is 2. The van der Waals surface area contributed by atoms with E-state index in [1.54, 1.807) is 12.3 Å². The molecule has 0 aromatic carbocycles. The van der Waals surface area contributed by atoms with Gasteiger partial charge in [0.25, 0.3) is 10.0 Å². The lowest BCUT2D eigenvalue weighted by Gasteiger charge is -2.04. The van der Waals surface area contributed by atoms with E-state index in [4.69, 9.17) is 5.73 Å². The molecule has 104 valence electrons. The SMILES string of the molecule is CCCn1cc(S(=O)(=O)Nc2nncs2)cc1CN. The molecule has 0 radical (unpaired) electrons. The summed E-state index contributed by atoms with van der Waals surface area (Å²) in [4.78, 5) is 0.191. The molecule has 0 aliphatic rings. The molecule has 0 aliphatic heterocycles. The van der Waals surface area contributed by atoms with Gasteiger partial charge in [0.1, 0.15) is 10.4 Å². The molecule has 0 amide bonds. The lowest BCUT2D eigenvalue weighted by molar-refractivity contribution is 0.599. The lowest BCUT2D eigenvalue weighted by Crippen LogP contribution is -2.12. The molecule has 2 aromatic rings. The van der Waals surface area contributed by atoms with Crippen molar-refractivity contribution in [2.45, 2.75) is 31.3 Å². The standard InChI is InChI=1S/C10H15N5O2S2/c1-2-3-15-6-9(4-8(15)5-11)19(16,17)14-10-13-12-7-18-10/h4,6-7H,2-3,5,11H2,1H3,(H,13,14). The molecule has 0 saturated carbocycles. The van der Waals surface area contributed by atoms with E-state index in [9.17, 15) is 8.42 Å². The molecule has 0 unspecified atom stereocenters. The molecule has 0 aliphatic carbocycles. The van der Waals surface area contributed by atoms with Crippen molar-refractivity contribution in [3.63, 3.8) is 0 Å². The topological polar surface area (TPSA) is 103 Å². The first-order valence-corrected chi connectivity index (χ1v) is 8.11. The normalized spacial score (nSPS) is 11.7. The van der Waals surface area contributed by atoms with Gasteiger partial charge in [-0.3, -0.25) is 4.72 Å². The molecule has 7 nitrogen and oxygen atoms in total. The highest BCUT2D eigenvalue weighted by Gasteiger charge is 2.19. The maximum atomic E-state index is 12.2. The van der Waals surface area contributed by atoms with Crippen LogP contribution in [0.1, 0.15) is 19.0 Å². The maximum Gasteiger partial charge on any atom is 0.265 e. The van der Waals surface area contributed by atoms with Crippen molar-refractivity contribution in [1.82, 2.24) is 14.8 Å². The van der Waals surface area contributed by atoms with E-state index >= 15 is 0 Å². The Morgan fingerprint density at radius 3 is 2.89 bits per heavy atom. The number of sulfonamides is 1. The van der Waals surface area contributed by atoms with Crippen molar-refractivity contribution < 1.29 is 8.42 Å². The Balaban J connectivity index is 2.30. The predicted molar refractivity (Wildman–Crippen MR) is 73.3 cm³/mol. The first-order valence-electron chi connectivity index (χ1n) is 5.75. The second-order valence-electron chi connectivity index (χ2n) is 3.91. The van der Waals surface area contributed by atoms with E-state index in [0.717, 1.165) is 30.0 Å². The van der Waals surface area contributed by atoms with Crippen LogP contribution < -0.4 is 10.5 Å². The monoisotopic (exact) mass is 301 g/mol. The van der Waals surface area contributed by atoms with Crippen molar-refractivity contribution in [2.24, 2.45) is 5.73 Å². The summed E-state index contributed by atoms with van der Waals surface area (Å²) >= 11 is 1.13. The molecule has 9 heteroatoms. The molecule has 0 fully saturated rings. The number of aromatic nitrogens is 3. The molecule has 2 aromatic heterocycles. The summed E-state index contributed by atoms with van der Waals surface area (Å²) in [7, 11) is -3.63. The summed E-state index contributed by atoms with van der Waals surface area (Å²) in [6.07, 6.45) is 2.50. The summed E-state index contributed by atoms with van der Waals surface area (Å²) in [6, 6.07) is 1.58. The molecule has 2 heterocycles. The Bertz CT molecular complexity index is 633. The van der Waals surface area contributed by atoms with Crippen molar-refractivity contribution >= 4 is 26.5 Å². The Morgan fingerprint density at radius 1 is 1.53 bits per heavy atom. The average Bonchev–Trinajstić information content (AvgIpc) is 2.98. The first-order chi connectivity index (χ1) is 9.06. The van der Waals surface area contributed by atoms with Crippen LogP contribution in [-0.2, 0) is 23.1 Å². The Morgan fingerprint density at radius 2 is 2.32 bits per heavy atom. The Kier molecular flexibility index (Phi) is 4.17. The minimum absolute atomic E-state index is 0.191. The van der Waals surface area contributed by atoms with E-state index in [-0.39, 0.29) is 10.0 Å². The largest absolute Gasteiger partial charge is 0.349 e. The van der Waals surface area contributed by atoms with Crippen LogP contribution in [0.4, 0.5) is 5.13 Å². The number of aryl methyl sites for hydroxylation is 1. The highest BCUT2D eigenvalue weighted by atomic mass is 32.2. The zero-order chi connectivity index (χ0) is 13.9. The van der Waals surface area contributed by atoms with Crippen LogP contribution >= 0.6 is 11.3 Å². The second-order valence-corrected chi connectivity index (χ2v) is 6.43. The van der Waals surface area contributed by atoms with E-state index in [1.807, 2.05) is 11.5 Å². The summed E-state index contributed by atoms with van der Waals surface area (Å²) in [5, 5.41) is 7.49.